The van der Waals surface area contributed by atoms with Gasteiger partial charge in [-0.15, -0.1) is 11.8 Å². The highest BCUT2D eigenvalue weighted by Crippen LogP contribution is 2.20. The Morgan fingerprint density at radius 2 is 2.75 bits per heavy atom. The summed E-state index contributed by atoms with van der Waals surface area (Å²) >= 11 is 1.85. The van der Waals surface area contributed by atoms with Crippen LogP contribution in [-0.2, 0) is 4.74 Å². The highest BCUT2D eigenvalue weighted by molar-refractivity contribution is 7.99. The summed E-state index contributed by atoms with van der Waals surface area (Å²) in [5, 5.41) is 0. The van der Waals surface area contributed by atoms with Crippen LogP contribution in [0.3, 0.4) is 0 Å². The van der Waals surface area contributed by atoms with Gasteiger partial charge in [-0.3, -0.25) is 0 Å². The molecule has 0 aliphatic carbocycles. The van der Waals surface area contributed by atoms with Crippen LogP contribution in [0, 0.1) is 0 Å². The van der Waals surface area contributed by atoms with E-state index in [4.69, 9.17) is 4.74 Å². The van der Waals surface area contributed by atoms with E-state index in [1.54, 1.807) is 6.26 Å². The molecule has 1 unspecified atom stereocenters. The minimum atomic E-state index is 0.417. The van der Waals surface area contributed by atoms with Crippen molar-refractivity contribution in [1.82, 2.24) is 0 Å². The van der Waals surface area contributed by atoms with E-state index < -0.39 is 0 Å². The van der Waals surface area contributed by atoms with Gasteiger partial charge in [-0.1, -0.05) is 6.92 Å². The van der Waals surface area contributed by atoms with Crippen molar-refractivity contribution < 1.29 is 4.74 Å². The first kappa shape index (κ1) is 6.02. The van der Waals surface area contributed by atoms with Crippen LogP contribution in [-0.4, -0.2) is 11.2 Å². The summed E-state index contributed by atoms with van der Waals surface area (Å²) in [6.45, 7) is 2.15. The molecule has 1 rings (SSSR count). The van der Waals surface area contributed by atoms with Crippen LogP contribution in [0.15, 0.2) is 12.3 Å². The second-order valence-electron chi connectivity index (χ2n) is 1.63. The first-order chi connectivity index (χ1) is 3.93. The molecule has 0 amide bonds. The lowest BCUT2D eigenvalue weighted by Crippen LogP contribution is -1.97. The Kier molecular flexibility index (Phi) is 2.27. The molecule has 1 atom stereocenters. The average Bonchev–Trinajstić information content (AvgIpc) is 2.19. The number of thioether (sulfide) groups is 1. The van der Waals surface area contributed by atoms with Gasteiger partial charge in [-0.25, -0.2) is 0 Å². The number of ether oxygens (including phenoxy) is 1. The van der Waals surface area contributed by atoms with Crippen molar-refractivity contribution in [2.75, 3.05) is 5.75 Å². The Morgan fingerprint density at radius 3 is 3.25 bits per heavy atom. The maximum Gasteiger partial charge on any atom is 0.147 e. The molecule has 1 aliphatic rings. The molecule has 0 fully saturated rings. The third-order valence-electron chi connectivity index (χ3n) is 1.01. The van der Waals surface area contributed by atoms with Crippen LogP contribution in [0.5, 0.6) is 0 Å². The van der Waals surface area contributed by atoms with E-state index in [9.17, 15) is 0 Å². The van der Waals surface area contributed by atoms with Gasteiger partial charge in [0.15, 0.2) is 0 Å². The third-order valence-corrected chi connectivity index (χ3v) is 2.02. The van der Waals surface area contributed by atoms with Gasteiger partial charge in [0.05, 0.1) is 6.26 Å². The Bertz CT molecular complexity index is 82.5. The average molecular weight is 130 g/mol. The predicted molar refractivity (Wildman–Crippen MR) is 36.8 cm³/mol. The summed E-state index contributed by atoms with van der Waals surface area (Å²) < 4.78 is 5.18. The third kappa shape index (κ3) is 1.44. The Labute approximate surface area is 54.1 Å². The standard InChI is InChI=1S/C6H10OS/c1-2-8-6-4-3-5-7-6/h3,5-6H,2,4H2,1H3. The van der Waals surface area contributed by atoms with Gasteiger partial charge in [0.1, 0.15) is 5.44 Å². The maximum atomic E-state index is 5.18. The zero-order valence-corrected chi connectivity index (χ0v) is 5.78. The molecule has 0 aromatic rings. The van der Waals surface area contributed by atoms with Gasteiger partial charge >= 0.3 is 0 Å². The van der Waals surface area contributed by atoms with Crippen molar-refractivity contribution in [2.45, 2.75) is 18.8 Å². The van der Waals surface area contributed by atoms with Gasteiger partial charge in [0.25, 0.3) is 0 Å². The van der Waals surface area contributed by atoms with E-state index in [-0.39, 0.29) is 0 Å². The van der Waals surface area contributed by atoms with E-state index in [0.29, 0.717) is 5.44 Å². The summed E-state index contributed by atoms with van der Waals surface area (Å²) in [7, 11) is 0. The zero-order valence-electron chi connectivity index (χ0n) is 4.96. The molecule has 0 saturated carbocycles. The van der Waals surface area contributed by atoms with E-state index in [0.717, 1.165) is 12.2 Å². The Hall–Kier alpha value is -0.110. The van der Waals surface area contributed by atoms with Gasteiger partial charge in [0, 0.05) is 6.42 Å². The second kappa shape index (κ2) is 3.02. The highest BCUT2D eigenvalue weighted by atomic mass is 32.2. The molecule has 0 spiro atoms. The fraction of sp³-hybridized carbons (Fsp3) is 0.667. The topological polar surface area (TPSA) is 9.23 Å². The van der Waals surface area contributed by atoms with Crippen LogP contribution < -0.4 is 0 Å². The summed E-state index contributed by atoms with van der Waals surface area (Å²) in [5.41, 5.74) is 0.417. The molecule has 2 heteroatoms. The maximum absolute atomic E-state index is 5.18. The molecule has 0 radical (unpaired) electrons. The van der Waals surface area contributed by atoms with Crippen LogP contribution >= 0.6 is 11.8 Å². The van der Waals surface area contributed by atoms with Crippen molar-refractivity contribution in [3.05, 3.63) is 12.3 Å². The first-order valence-corrected chi connectivity index (χ1v) is 3.90. The van der Waals surface area contributed by atoms with Gasteiger partial charge < -0.3 is 4.74 Å². The monoisotopic (exact) mass is 130 g/mol. The van der Waals surface area contributed by atoms with Gasteiger partial charge in [0.2, 0.25) is 0 Å². The minimum absolute atomic E-state index is 0.417. The van der Waals surface area contributed by atoms with Crippen molar-refractivity contribution in [3.8, 4) is 0 Å². The van der Waals surface area contributed by atoms with Gasteiger partial charge in [-0.2, -0.15) is 0 Å². The molecule has 1 aliphatic heterocycles. The lowest BCUT2D eigenvalue weighted by atomic mass is 10.5. The Balaban J connectivity index is 2.10. The fourth-order valence-corrected chi connectivity index (χ4v) is 1.42. The number of hydrogen-bond acceptors (Lipinski definition) is 2. The predicted octanol–water partition coefficient (Wildman–Crippen LogP) is 2.00. The van der Waals surface area contributed by atoms with Crippen molar-refractivity contribution in [1.29, 1.82) is 0 Å². The quantitative estimate of drug-likeness (QED) is 0.565. The molecular formula is C6H10OS. The summed E-state index contributed by atoms with van der Waals surface area (Å²) in [5.74, 6) is 1.15. The van der Waals surface area contributed by atoms with Crippen molar-refractivity contribution in [3.63, 3.8) is 0 Å². The second-order valence-corrected chi connectivity index (χ2v) is 3.06. The highest BCUT2D eigenvalue weighted by Gasteiger charge is 2.08. The molecule has 0 aromatic carbocycles. The van der Waals surface area contributed by atoms with Gasteiger partial charge in [-0.05, 0) is 11.8 Å². The lowest BCUT2D eigenvalue weighted by molar-refractivity contribution is 0.250. The molecule has 1 nitrogen and oxygen atoms in total. The van der Waals surface area contributed by atoms with E-state index in [2.05, 4.69) is 13.0 Å². The molecule has 1 heterocycles. The molecule has 0 saturated heterocycles. The van der Waals surface area contributed by atoms with E-state index >= 15 is 0 Å². The molecule has 46 valence electrons. The number of hydrogen-bond donors (Lipinski definition) is 0. The van der Waals surface area contributed by atoms with Crippen molar-refractivity contribution in [2.24, 2.45) is 0 Å². The van der Waals surface area contributed by atoms with Crippen LogP contribution in [0.25, 0.3) is 0 Å². The minimum Gasteiger partial charge on any atom is -0.487 e. The van der Waals surface area contributed by atoms with E-state index in [1.165, 1.54) is 0 Å². The smallest absolute Gasteiger partial charge is 0.147 e. The zero-order chi connectivity index (χ0) is 5.82. The van der Waals surface area contributed by atoms with Crippen LogP contribution in [0.2, 0.25) is 0 Å². The normalized spacial score (nSPS) is 25.9. The molecule has 8 heavy (non-hydrogen) atoms. The lowest BCUT2D eigenvalue weighted by Gasteiger charge is -2.05. The first-order valence-electron chi connectivity index (χ1n) is 2.85. The molecule has 0 N–H and O–H groups in total. The number of rotatable bonds is 2. The van der Waals surface area contributed by atoms with Crippen LogP contribution in [0.4, 0.5) is 0 Å². The van der Waals surface area contributed by atoms with E-state index in [1.807, 2.05) is 11.8 Å². The molecule has 0 aromatic heterocycles. The largest absolute Gasteiger partial charge is 0.487 e. The SMILES string of the molecule is CCSC1CC=CO1. The molecule has 0 bridgehead atoms. The Morgan fingerprint density at radius 1 is 1.88 bits per heavy atom. The summed E-state index contributed by atoms with van der Waals surface area (Å²) in [6.07, 6.45) is 4.93. The van der Waals surface area contributed by atoms with Crippen molar-refractivity contribution >= 4 is 11.8 Å². The fourth-order valence-electron chi connectivity index (χ4n) is 0.659. The summed E-state index contributed by atoms with van der Waals surface area (Å²) in [6, 6.07) is 0. The molecular weight excluding hydrogens is 120 g/mol. The van der Waals surface area contributed by atoms with Crippen LogP contribution in [0.1, 0.15) is 13.3 Å². The summed E-state index contributed by atoms with van der Waals surface area (Å²) in [4.78, 5) is 0.